The van der Waals surface area contributed by atoms with E-state index < -0.39 is 148 Å². The molecule has 23 nitrogen and oxygen atoms in total. The molecule has 0 saturated carbocycles. The van der Waals surface area contributed by atoms with Crippen LogP contribution in [-0.2, 0) is 58.7 Å². The molecule has 0 rings (SSSR count). The van der Waals surface area contributed by atoms with Crippen LogP contribution >= 0.6 is 0 Å². The van der Waals surface area contributed by atoms with Crippen molar-refractivity contribution in [3.05, 3.63) is 11.8 Å². The molecular weight excluding hydrogens is 1030 g/mol. The maximum atomic E-state index is 14.3. The number of carbonyl (C=O) groups is 10. The summed E-state index contributed by atoms with van der Waals surface area (Å²) >= 11 is 0. The number of Topliss-reactive ketones (excluding diaryl/α,β-unsaturated/α-hetero) is 1. The minimum absolute atomic E-state index is 0.00576. The molecule has 9 amide bonds. The van der Waals surface area contributed by atoms with Crippen LogP contribution in [0.2, 0.25) is 0 Å². The van der Waals surface area contributed by atoms with Crippen LogP contribution in [0, 0.1) is 35.5 Å². The molecule has 0 aliphatic carbocycles. The van der Waals surface area contributed by atoms with Crippen LogP contribution in [0.3, 0.4) is 0 Å². The van der Waals surface area contributed by atoms with Gasteiger partial charge in [0.2, 0.25) is 41.4 Å². The molecule has 0 bridgehead atoms. The largest absolute Gasteiger partial charge is 0.383 e. The number of ketones is 1. The Morgan fingerprint density at radius 1 is 0.500 bits per heavy atom. The number of aliphatic hydroxyl groups is 1. The van der Waals surface area contributed by atoms with Crippen molar-refractivity contribution in [1.82, 2.24) is 47.9 Å². The van der Waals surface area contributed by atoms with Crippen LogP contribution in [0.1, 0.15) is 155 Å². The highest BCUT2D eigenvalue weighted by Gasteiger charge is 2.38. The van der Waals surface area contributed by atoms with Crippen molar-refractivity contribution >= 4 is 69.7 Å². The molecule has 0 fully saturated rings. The molecule has 12 atom stereocenters. The van der Waals surface area contributed by atoms with E-state index in [1.54, 1.807) is 69.2 Å². The summed E-state index contributed by atoms with van der Waals surface area (Å²) in [6.45, 7) is 24.3. The normalized spacial score (nSPS) is 16.4. The number of rotatable bonds is 38. The van der Waals surface area contributed by atoms with Crippen LogP contribution in [0.5, 0.6) is 0 Å². The Hall–Kier alpha value is -5.33. The number of aliphatic hydroxyl groups excluding tert-OH is 1. The zero-order valence-electron chi connectivity index (χ0n) is 49.2. The van der Waals surface area contributed by atoms with E-state index in [-0.39, 0.29) is 55.4 Å². The molecule has 0 saturated heterocycles. The van der Waals surface area contributed by atoms with E-state index in [0.717, 1.165) is 0 Å². The fourth-order valence-corrected chi connectivity index (χ4v) is 8.55. The summed E-state index contributed by atoms with van der Waals surface area (Å²) in [5.41, 5.74) is 11.3. The van der Waals surface area contributed by atoms with Crippen molar-refractivity contribution in [2.24, 2.45) is 47.0 Å². The lowest BCUT2D eigenvalue weighted by Gasteiger charge is -2.31. The van der Waals surface area contributed by atoms with Crippen LogP contribution < -0.4 is 59.3 Å². The third-order valence-corrected chi connectivity index (χ3v) is 14.3. The van der Waals surface area contributed by atoms with Gasteiger partial charge in [-0.15, -0.1) is 0 Å². The van der Waals surface area contributed by atoms with Gasteiger partial charge in [-0.1, -0.05) is 102 Å². The Balaban J connectivity index is 6.65. The van der Waals surface area contributed by atoms with Gasteiger partial charge in [0.25, 0.3) is 11.8 Å². The molecule has 0 aromatic heterocycles. The lowest BCUT2D eigenvalue weighted by Crippen LogP contribution is -2.62. The van der Waals surface area contributed by atoms with Crippen molar-refractivity contribution < 1.29 is 57.3 Å². The first-order valence-corrected chi connectivity index (χ1v) is 29.4. The summed E-state index contributed by atoms with van der Waals surface area (Å²) in [6, 6.07) is -9.32. The Kier molecular flexibility index (Phi) is 35.0. The molecule has 24 heteroatoms. The molecule has 0 spiro atoms. The highest BCUT2D eigenvalue weighted by molar-refractivity contribution is 7.84. The first-order chi connectivity index (χ1) is 36.4. The van der Waals surface area contributed by atoms with Gasteiger partial charge < -0.3 is 64.4 Å². The van der Waals surface area contributed by atoms with Crippen molar-refractivity contribution in [1.29, 1.82) is 0 Å². The number of nitrogens with one attached hydrogen (secondary N) is 9. The molecule has 0 aliphatic heterocycles. The summed E-state index contributed by atoms with van der Waals surface area (Å²) < 4.78 is 12.2. The van der Waals surface area contributed by atoms with E-state index in [1.165, 1.54) is 26.2 Å². The van der Waals surface area contributed by atoms with E-state index in [9.17, 15) is 57.3 Å². The Morgan fingerprint density at radius 2 is 0.885 bits per heavy atom. The predicted molar refractivity (Wildman–Crippen MR) is 302 cm³/mol. The Morgan fingerprint density at radius 3 is 1.29 bits per heavy atom. The summed E-state index contributed by atoms with van der Waals surface area (Å²) in [6.07, 6.45) is 3.80. The predicted octanol–water partition coefficient (Wildman–Crippen LogP) is 0.577. The van der Waals surface area contributed by atoms with Gasteiger partial charge in [-0.2, -0.15) is 0 Å². The van der Waals surface area contributed by atoms with E-state index in [0.29, 0.717) is 38.6 Å². The fourth-order valence-electron chi connectivity index (χ4n) is 7.98. The number of hydrogen-bond donors (Lipinski definition) is 12. The summed E-state index contributed by atoms with van der Waals surface area (Å²) in [5.74, 6) is -9.26. The van der Waals surface area contributed by atoms with Gasteiger partial charge >= 0.3 is 0 Å². The number of nitrogens with two attached hydrogens (primary N) is 2. The van der Waals surface area contributed by atoms with Crippen LogP contribution in [0.15, 0.2) is 11.8 Å². The number of allylic oxidation sites excluding steroid dienone is 1. The molecule has 0 heterocycles. The third-order valence-electron chi connectivity index (χ3n) is 13.5. The first kappa shape index (κ1) is 72.7. The maximum Gasteiger partial charge on any atom is 0.268 e. The standard InChI is InChI=1S/C54H99N11O12S/c1-16-33(12)44(65-49(71)38(23-21-26-56)58-47(69)39(24-27-78(15)77)59-46(68)36(18-3)57-54(76)45(67)34(13)17-2)53(75)64-43(32(10)11)52(74)63-42(31(8)9)50(72)60-37(22-19-20-25-55)48(70)62-41(30(6)7)51(73)61-40(35(14)66)28-29(4)5/h18,29-34,37-45,67H,16-17,19-28,55-56H2,1-15H3,(H,57,76)(H,58,69)(H,59,68)(H,60,72)(H,61,73)(H,62,70)(H,63,74)(H,64,75)(H,65,71)/b36-18+/t33-,34-,37?,38+,39?,40?,41-,42-,43-,44-,45-,78?/m0/s1. The van der Waals surface area contributed by atoms with Crippen molar-refractivity contribution in [2.45, 2.75) is 209 Å². The number of unbranched alkanes of at least 4 members (excludes halogenated alkanes) is 1. The third kappa shape index (κ3) is 26.1. The minimum Gasteiger partial charge on any atom is -0.383 e. The van der Waals surface area contributed by atoms with Gasteiger partial charge in [0, 0.05) is 22.8 Å². The number of hydrogen-bond acceptors (Lipinski definition) is 14. The second-order valence-electron chi connectivity index (χ2n) is 21.8. The van der Waals surface area contributed by atoms with Gasteiger partial charge in [0.15, 0.2) is 5.78 Å². The summed E-state index contributed by atoms with van der Waals surface area (Å²) in [5, 5.41) is 34.5. The monoisotopic (exact) mass is 1130 g/mol. The van der Waals surface area contributed by atoms with E-state index >= 15 is 0 Å². The van der Waals surface area contributed by atoms with Gasteiger partial charge in [-0.3, -0.25) is 52.2 Å². The minimum atomic E-state index is -1.41. The molecule has 78 heavy (non-hydrogen) atoms. The maximum absolute atomic E-state index is 14.3. The van der Waals surface area contributed by atoms with E-state index in [2.05, 4.69) is 47.9 Å². The van der Waals surface area contributed by atoms with Crippen molar-refractivity contribution in [3.8, 4) is 0 Å². The van der Waals surface area contributed by atoms with Crippen LogP contribution in [0.25, 0.3) is 0 Å². The second-order valence-corrected chi connectivity index (χ2v) is 23.4. The SMILES string of the molecule is C/C=C(/NC(=O)[C@@H](O)[C@@H](C)CC)C(=O)NC(CCS(C)=O)C(=O)N[C@H](CCCN)C(=O)N[C@H](C(=O)N[C@H](C(=O)N[C@H](C(=O)NC(CCCCN)C(=O)N[C@H](C(=O)NC(CC(C)C)C(C)=O)C(C)C)C(C)C)C(C)C)[C@@H](C)CC. The highest BCUT2D eigenvalue weighted by Crippen LogP contribution is 2.15. The topological polar surface area (TPSA) is 368 Å². The van der Waals surface area contributed by atoms with E-state index in [4.69, 9.17) is 11.5 Å². The Labute approximate surface area is 466 Å². The number of carbonyl (C=O) groups excluding carboxylic acids is 10. The van der Waals surface area contributed by atoms with Crippen LogP contribution in [-0.4, -0.2) is 148 Å². The molecule has 0 radical (unpaired) electrons. The summed E-state index contributed by atoms with van der Waals surface area (Å²) in [4.78, 5) is 137. The average Bonchev–Trinajstić information content (AvgIpc) is 3.37. The van der Waals surface area contributed by atoms with Gasteiger partial charge in [-0.05, 0) is 107 Å². The molecule has 0 aromatic rings. The lowest BCUT2D eigenvalue weighted by molar-refractivity contribution is -0.137. The Bertz CT molecular complexity index is 2040. The highest BCUT2D eigenvalue weighted by atomic mass is 32.2. The van der Waals surface area contributed by atoms with Gasteiger partial charge in [-0.25, -0.2) is 0 Å². The molecule has 14 N–H and O–H groups in total. The average molecular weight is 1130 g/mol. The van der Waals surface area contributed by atoms with Gasteiger partial charge in [0.05, 0.1) is 6.04 Å². The lowest BCUT2D eigenvalue weighted by atomic mass is 9.95. The number of amides is 9. The zero-order valence-corrected chi connectivity index (χ0v) is 50.0. The zero-order chi connectivity index (χ0) is 60.1. The first-order valence-electron chi connectivity index (χ1n) is 27.7. The molecule has 0 aromatic carbocycles. The smallest absolute Gasteiger partial charge is 0.268 e. The van der Waals surface area contributed by atoms with Crippen molar-refractivity contribution in [2.75, 3.05) is 25.1 Å². The quantitative estimate of drug-likeness (QED) is 0.0297. The second kappa shape index (κ2) is 37.5. The van der Waals surface area contributed by atoms with Crippen molar-refractivity contribution in [3.63, 3.8) is 0 Å². The van der Waals surface area contributed by atoms with Crippen LogP contribution in [0.4, 0.5) is 0 Å². The molecular formula is C54H99N11O12S. The van der Waals surface area contributed by atoms with E-state index in [1.807, 2.05) is 13.8 Å². The molecule has 448 valence electrons. The summed E-state index contributed by atoms with van der Waals surface area (Å²) in [7, 11) is -1.41. The molecule has 4 unspecified atom stereocenters. The van der Waals surface area contributed by atoms with Gasteiger partial charge in [0.1, 0.15) is 54.1 Å². The molecule has 0 aliphatic rings. The fraction of sp³-hybridized carbons (Fsp3) is 0.778.